The van der Waals surface area contributed by atoms with E-state index in [4.69, 9.17) is 15.0 Å². The largest absolute Gasteiger partial charge is 0.308 e. The van der Waals surface area contributed by atoms with E-state index in [1.165, 1.54) is 53.8 Å². The van der Waals surface area contributed by atoms with Gasteiger partial charge in [0.05, 0.1) is 16.7 Å². The molecule has 12 rings (SSSR count). The minimum absolute atomic E-state index is 0.596. The zero-order valence-corrected chi connectivity index (χ0v) is 40.0. The van der Waals surface area contributed by atoms with Gasteiger partial charge in [-0.3, -0.25) is 0 Å². The van der Waals surface area contributed by atoms with Gasteiger partial charge in [0.15, 0.2) is 25.5 Å². The van der Waals surface area contributed by atoms with Crippen molar-refractivity contribution in [1.29, 1.82) is 0 Å². The number of hydrogen-bond acceptors (Lipinski definition) is 3. The minimum atomic E-state index is -2.83. The van der Waals surface area contributed by atoms with E-state index in [0.29, 0.717) is 17.5 Å². The molecular weight excluding hydrogens is 865 g/mol. The van der Waals surface area contributed by atoms with Crippen LogP contribution in [0.4, 0.5) is 0 Å². The standard InChI is InChI=1S/C65H48N4Si/c1-45-35-38-56(46(2)41-45)51-36-39-58-57-33-18-19-34-60(57)69(62(58)44-51)61-40-37-50(43-59(61)65-67-63(47-21-8-3-9-22-47)66-64(68-65)48-23-10-4-11-24-48)49-25-20-32-55(42-49)70(52-26-12-5-13-27-52,53-28-14-6-15-29-53)54-30-16-7-17-31-54/h3-44H,1-2H3. The van der Waals surface area contributed by atoms with Crippen LogP contribution in [0.5, 0.6) is 0 Å². The van der Waals surface area contributed by atoms with Gasteiger partial charge in [-0.1, -0.05) is 236 Å². The predicted octanol–water partition coefficient (Wildman–Crippen LogP) is 13.3. The predicted molar refractivity (Wildman–Crippen MR) is 294 cm³/mol. The Morgan fingerprint density at radius 3 is 1.40 bits per heavy atom. The van der Waals surface area contributed by atoms with Crippen molar-refractivity contribution >= 4 is 50.6 Å². The van der Waals surface area contributed by atoms with Crippen molar-refractivity contribution in [3.8, 4) is 62.1 Å². The van der Waals surface area contributed by atoms with E-state index in [9.17, 15) is 0 Å². The molecule has 0 aliphatic carbocycles. The monoisotopic (exact) mass is 912 g/mol. The highest BCUT2D eigenvalue weighted by Gasteiger charge is 2.41. The summed E-state index contributed by atoms with van der Waals surface area (Å²) >= 11 is 0. The number of nitrogens with zero attached hydrogens (tertiary/aromatic N) is 4. The number of para-hydroxylation sites is 1. The van der Waals surface area contributed by atoms with Gasteiger partial charge in [0, 0.05) is 27.5 Å². The van der Waals surface area contributed by atoms with Crippen molar-refractivity contribution in [3.05, 3.63) is 266 Å². The second kappa shape index (κ2) is 18.0. The smallest absolute Gasteiger partial charge is 0.179 e. The average Bonchev–Trinajstić information content (AvgIpc) is 3.76. The molecule has 0 fully saturated rings. The molecule has 0 aliphatic rings. The van der Waals surface area contributed by atoms with Crippen LogP contribution < -0.4 is 20.7 Å². The molecule has 12 aromatic rings. The van der Waals surface area contributed by atoms with E-state index < -0.39 is 8.07 Å². The third-order valence-corrected chi connectivity index (χ3v) is 18.6. The number of rotatable bonds is 10. The fraction of sp³-hybridized carbons (Fsp3) is 0.0308. The number of fused-ring (bicyclic) bond motifs is 3. The zero-order chi connectivity index (χ0) is 47.0. The summed E-state index contributed by atoms with van der Waals surface area (Å²) in [5, 5.41) is 7.67. The van der Waals surface area contributed by atoms with Gasteiger partial charge in [-0.2, -0.15) is 0 Å². The molecule has 2 aromatic heterocycles. The van der Waals surface area contributed by atoms with Crippen LogP contribution in [0.25, 0.3) is 83.9 Å². The van der Waals surface area contributed by atoms with Crippen LogP contribution in [0.2, 0.25) is 0 Å². The molecule has 0 saturated carbocycles. The Balaban J connectivity index is 1.14. The lowest BCUT2D eigenvalue weighted by atomic mass is 9.97. The molecule has 0 spiro atoms. The van der Waals surface area contributed by atoms with Gasteiger partial charge < -0.3 is 4.57 Å². The molecule has 0 saturated heterocycles. The number of aryl methyl sites for hydroxylation is 2. The van der Waals surface area contributed by atoms with Gasteiger partial charge >= 0.3 is 0 Å². The van der Waals surface area contributed by atoms with E-state index >= 15 is 0 Å². The maximum Gasteiger partial charge on any atom is 0.179 e. The van der Waals surface area contributed by atoms with E-state index in [1.807, 2.05) is 36.4 Å². The first-order valence-electron chi connectivity index (χ1n) is 23.9. The lowest BCUT2D eigenvalue weighted by Gasteiger charge is -2.34. The molecule has 0 N–H and O–H groups in total. The summed E-state index contributed by atoms with van der Waals surface area (Å²) in [4.78, 5) is 15.9. The van der Waals surface area contributed by atoms with Crippen molar-refractivity contribution in [1.82, 2.24) is 19.5 Å². The van der Waals surface area contributed by atoms with Gasteiger partial charge in [0.1, 0.15) is 0 Å². The normalized spacial score (nSPS) is 11.6. The molecule has 0 bridgehead atoms. The molecular formula is C65H48N4Si. The molecule has 0 radical (unpaired) electrons. The lowest BCUT2D eigenvalue weighted by Crippen LogP contribution is -2.74. The molecule has 5 heteroatoms. The first-order chi connectivity index (χ1) is 34.5. The lowest BCUT2D eigenvalue weighted by molar-refractivity contribution is 1.06. The van der Waals surface area contributed by atoms with Crippen molar-refractivity contribution in [2.24, 2.45) is 0 Å². The van der Waals surface area contributed by atoms with Crippen LogP contribution >= 0.6 is 0 Å². The molecule has 0 atom stereocenters. The second-order valence-electron chi connectivity index (χ2n) is 18.1. The van der Waals surface area contributed by atoms with Gasteiger partial charge in [-0.05, 0) is 86.7 Å². The first-order valence-corrected chi connectivity index (χ1v) is 25.9. The Labute approximate surface area is 409 Å². The fourth-order valence-electron chi connectivity index (χ4n) is 10.6. The Morgan fingerprint density at radius 1 is 0.314 bits per heavy atom. The highest BCUT2D eigenvalue weighted by molar-refractivity contribution is 7.19. The molecule has 70 heavy (non-hydrogen) atoms. The fourth-order valence-corrected chi connectivity index (χ4v) is 15.3. The summed E-state index contributed by atoms with van der Waals surface area (Å²) in [6, 6.07) is 92.3. The van der Waals surface area contributed by atoms with Crippen LogP contribution in [0, 0.1) is 13.8 Å². The highest BCUT2D eigenvalue weighted by atomic mass is 28.3. The van der Waals surface area contributed by atoms with Crippen molar-refractivity contribution in [3.63, 3.8) is 0 Å². The van der Waals surface area contributed by atoms with Crippen molar-refractivity contribution in [2.75, 3.05) is 0 Å². The molecule has 332 valence electrons. The summed E-state index contributed by atoms with van der Waals surface area (Å²) < 4.78 is 2.42. The summed E-state index contributed by atoms with van der Waals surface area (Å²) in [6.07, 6.45) is 0. The summed E-state index contributed by atoms with van der Waals surface area (Å²) in [6.45, 7) is 4.36. The number of benzene rings is 10. The van der Waals surface area contributed by atoms with E-state index in [-0.39, 0.29) is 0 Å². The van der Waals surface area contributed by atoms with E-state index in [1.54, 1.807) is 0 Å². The van der Waals surface area contributed by atoms with Crippen molar-refractivity contribution in [2.45, 2.75) is 13.8 Å². The van der Waals surface area contributed by atoms with E-state index in [2.05, 4.69) is 237 Å². The Hall–Kier alpha value is -8.77. The topological polar surface area (TPSA) is 43.6 Å². The maximum absolute atomic E-state index is 5.40. The van der Waals surface area contributed by atoms with Crippen molar-refractivity contribution < 1.29 is 0 Å². The summed E-state index contributed by atoms with van der Waals surface area (Å²) in [5.41, 5.74) is 13.0. The maximum atomic E-state index is 5.40. The van der Waals surface area contributed by atoms with Crippen LogP contribution in [-0.4, -0.2) is 27.6 Å². The number of aromatic nitrogens is 4. The van der Waals surface area contributed by atoms with Gasteiger partial charge in [-0.15, -0.1) is 0 Å². The molecule has 10 aromatic carbocycles. The second-order valence-corrected chi connectivity index (χ2v) is 21.9. The van der Waals surface area contributed by atoms with Gasteiger partial charge in [0.25, 0.3) is 0 Å². The van der Waals surface area contributed by atoms with Crippen LogP contribution in [0.3, 0.4) is 0 Å². The van der Waals surface area contributed by atoms with Gasteiger partial charge in [0.2, 0.25) is 0 Å². The Morgan fingerprint density at radius 2 is 0.800 bits per heavy atom. The highest BCUT2D eigenvalue weighted by Crippen LogP contribution is 2.40. The average molecular weight is 913 g/mol. The zero-order valence-electron chi connectivity index (χ0n) is 39.0. The quantitative estimate of drug-likeness (QED) is 0.101. The summed E-state index contributed by atoms with van der Waals surface area (Å²) in [5.74, 6) is 1.83. The summed E-state index contributed by atoms with van der Waals surface area (Å²) in [7, 11) is -2.83. The Kier molecular flexibility index (Phi) is 11.0. The number of hydrogen-bond donors (Lipinski definition) is 0. The molecule has 2 heterocycles. The molecule has 0 unspecified atom stereocenters. The van der Waals surface area contributed by atoms with E-state index in [0.717, 1.165) is 44.5 Å². The molecule has 0 amide bonds. The minimum Gasteiger partial charge on any atom is -0.308 e. The molecule has 4 nitrogen and oxygen atoms in total. The van der Waals surface area contributed by atoms with Crippen LogP contribution in [0.1, 0.15) is 11.1 Å². The third-order valence-electron chi connectivity index (χ3n) is 13.8. The molecule has 0 aliphatic heterocycles. The van der Waals surface area contributed by atoms with Crippen LogP contribution in [0.15, 0.2) is 255 Å². The SMILES string of the molecule is Cc1ccc(-c2ccc3c4ccccc4n(-c4ccc(-c5cccc([Si](c6ccccc6)(c6ccccc6)c6ccccc6)c5)cc4-c4nc(-c5ccccc5)nc(-c5ccccc5)n4)c3c2)c(C)c1. The third kappa shape index (κ3) is 7.54. The Bertz CT molecular complexity index is 3680. The first kappa shape index (κ1) is 42.6. The van der Waals surface area contributed by atoms with Crippen LogP contribution in [-0.2, 0) is 0 Å². The van der Waals surface area contributed by atoms with Gasteiger partial charge in [-0.25, -0.2) is 15.0 Å².